The maximum Gasteiger partial charge on any atom is 0.0625 e. The summed E-state index contributed by atoms with van der Waals surface area (Å²) in [6, 6.07) is 0. The molecule has 0 saturated carbocycles. The molecule has 12 heavy (non-hydrogen) atoms. The van der Waals surface area contributed by atoms with Gasteiger partial charge in [-0.15, -0.1) is 0 Å². The fourth-order valence-corrected chi connectivity index (χ4v) is 1.48. The Morgan fingerprint density at radius 1 is 1.67 bits per heavy atom. The van der Waals surface area contributed by atoms with Gasteiger partial charge in [-0.2, -0.15) is 5.10 Å². The summed E-state index contributed by atoms with van der Waals surface area (Å²) < 4.78 is 1.88. The van der Waals surface area contributed by atoms with Crippen molar-refractivity contribution in [3.63, 3.8) is 0 Å². The quantitative estimate of drug-likeness (QED) is 0.730. The Hall–Kier alpha value is -0.310. The van der Waals surface area contributed by atoms with Crippen LogP contribution in [-0.2, 0) is 13.5 Å². The predicted molar refractivity (Wildman–Crippen MR) is 54.7 cm³/mol. The zero-order chi connectivity index (χ0) is 9.14. The SMILES string of the molecule is Cc1nn(C)cc1CCC(C)Br. The van der Waals surface area contributed by atoms with Gasteiger partial charge in [0.1, 0.15) is 0 Å². The van der Waals surface area contributed by atoms with Crippen LogP contribution in [-0.4, -0.2) is 14.6 Å². The van der Waals surface area contributed by atoms with Crippen molar-refractivity contribution in [3.8, 4) is 0 Å². The van der Waals surface area contributed by atoms with Crippen LogP contribution in [0.4, 0.5) is 0 Å². The minimum Gasteiger partial charge on any atom is -0.275 e. The van der Waals surface area contributed by atoms with Crippen LogP contribution < -0.4 is 0 Å². The third-order valence-corrected chi connectivity index (χ3v) is 2.38. The van der Waals surface area contributed by atoms with Crippen molar-refractivity contribution < 1.29 is 0 Å². The Bertz CT molecular complexity index is 253. The second-order valence-corrected chi connectivity index (χ2v) is 4.80. The molecule has 1 rings (SSSR count). The highest BCUT2D eigenvalue weighted by atomic mass is 79.9. The standard InChI is InChI=1S/C9H15BrN2/c1-7(10)4-5-9-6-12(3)11-8(9)2/h6-7H,4-5H2,1-3H3. The van der Waals surface area contributed by atoms with Crippen LogP contribution in [0.1, 0.15) is 24.6 Å². The summed E-state index contributed by atoms with van der Waals surface area (Å²) >= 11 is 3.54. The van der Waals surface area contributed by atoms with E-state index in [1.165, 1.54) is 12.0 Å². The van der Waals surface area contributed by atoms with Gasteiger partial charge in [0, 0.05) is 18.1 Å². The minimum atomic E-state index is 0.595. The summed E-state index contributed by atoms with van der Waals surface area (Å²) in [6.45, 7) is 4.24. The molecule has 1 aromatic heterocycles. The Labute approximate surface area is 82.1 Å². The molecule has 1 heterocycles. The first-order valence-electron chi connectivity index (χ1n) is 4.23. The van der Waals surface area contributed by atoms with E-state index < -0.39 is 0 Å². The maximum atomic E-state index is 4.29. The lowest BCUT2D eigenvalue weighted by Gasteiger charge is -2.00. The van der Waals surface area contributed by atoms with Crippen molar-refractivity contribution in [1.29, 1.82) is 0 Å². The molecule has 68 valence electrons. The molecule has 0 spiro atoms. The minimum absolute atomic E-state index is 0.595. The number of aryl methyl sites for hydroxylation is 3. The molecule has 0 saturated heterocycles. The number of halogens is 1. The van der Waals surface area contributed by atoms with E-state index >= 15 is 0 Å². The van der Waals surface area contributed by atoms with Gasteiger partial charge in [0.25, 0.3) is 0 Å². The third kappa shape index (κ3) is 2.63. The van der Waals surface area contributed by atoms with Gasteiger partial charge in [-0.1, -0.05) is 22.9 Å². The van der Waals surface area contributed by atoms with Crippen molar-refractivity contribution in [2.24, 2.45) is 7.05 Å². The van der Waals surface area contributed by atoms with E-state index in [-0.39, 0.29) is 0 Å². The monoisotopic (exact) mass is 230 g/mol. The smallest absolute Gasteiger partial charge is 0.0625 e. The van der Waals surface area contributed by atoms with Gasteiger partial charge in [-0.3, -0.25) is 4.68 Å². The highest BCUT2D eigenvalue weighted by molar-refractivity contribution is 9.09. The Morgan fingerprint density at radius 2 is 2.33 bits per heavy atom. The molecule has 0 fully saturated rings. The highest BCUT2D eigenvalue weighted by Crippen LogP contribution is 2.12. The second-order valence-electron chi connectivity index (χ2n) is 3.23. The van der Waals surface area contributed by atoms with Crippen molar-refractivity contribution >= 4 is 15.9 Å². The first-order chi connectivity index (χ1) is 5.59. The van der Waals surface area contributed by atoms with Gasteiger partial charge < -0.3 is 0 Å². The van der Waals surface area contributed by atoms with Gasteiger partial charge in [-0.05, 0) is 25.3 Å². The van der Waals surface area contributed by atoms with E-state index in [0.29, 0.717) is 4.83 Å². The Morgan fingerprint density at radius 3 is 2.75 bits per heavy atom. The Kier molecular flexibility index (Phi) is 3.32. The molecule has 0 aliphatic carbocycles. The van der Waals surface area contributed by atoms with Crippen LogP contribution in [0.3, 0.4) is 0 Å². The predicted octanol–water partition coefficient (Wildman–Crippen LogP) is 2.44. The van der Waals surface area contributed by atoms with Gasteiger partial charge >= 0.3 is 0 Å². The molecule has 1 unspecified atom stereocenters. The normalized spacial score (nSPS) is 13.3. The summed E-state index contributed by atoms with van der Waals surface area (Å²) in [5, 5.41) is 4.29. The van der Waals surface area contributed by atoms with Crippen molar-refractivity contribution in [3.05, 3.63) is 17.5 Å². The van der Waals surface area contributed by atoms with E-state index in [9.17, 15) is 0 Å². The maximum absolute atomic E-state index is 4.29. The van der Waals surface area contributed by atoms with Crippen molar-refractivity contribution in [1.82, 2.24) is 9.78 Å². The Balaban J connectivity index is 2.57. The molecule has 0 aromatic carbocycles. The van der Waals surface area contributed by atoms with Crippen LogP contribution in [0, 0.1) is 6.92 Å². The molecule has 1 aromatic rings. The fourth-order valence-electron chi connectivity index (χ4n) is 1.25. The van der Waals surface area contributed by atoms with Gasteiger partial charge in [0.15, 0.2) is 0 Å². The number of hydrogen-bond acceptors (Lipinski definition) is 1. The van der Waals surface area contributed by atoms with Crippen LogP contribution in [0.15, 0.2) is 6.20 Å². The third-order valence-electron chi connectivity index (χ3n) is 1.93. The largest absolute Gasteiger partial charge is 0.275 e. The zero-order valence-corrected chi connectivity index (χ0v) is 9.43. The molecular weight excluding hydrogens is 216 g/mol. The molecule has 0 aliphatic heterocycles. The van der Waals surface area contributed by atoms with Crippen molar-refractivity contribution in [2.45, 2.75) is 31.5 Å². The lowest BCUT2D eigenvalue weighted by Crippen LogP contribution is -1.94. The average Bonchev–Trinajstić information content (AvgIpc) is 2.26. The number of hydrogen-bond donors (Lipinski definition) is 0. The molecule has 0 radical (unpaired) electrons. The molecule has 0 bridgehead atoms. The van der Waals surface area contributed by atoms with Crippen LogP contribution in [0.25, 0.3) is 0 Å². The van der Waals surface area contributed by atoms with Gasteiger partial charge in [0.2, 0.25) is 0 Å². The number of nitrogens with zero attached hydrogens (tertiary/aromatic N) is 2. The number of rotatable bonds is 3. The van der Waals surface area contributed by atoms with Crippen LogP contribution >= 0.6 is 15.9 Å². The van der Waals surface area contributed by atoms with E-state index in [1.807, 2.05) is 11.7 Å². The van der Waals surface area contributed by atoms with E-state index in [0.717, 1.165) is 12.1 Å². The summed E-state index contributed by atoms with van der Waals surface area (Å²) in [6.07, 6.45) is 4.39. The molecule has 1 atom stereocenters. The van der Waals surface area contributed by atoms with E-state index in [1.54, 1.807) is 0 Å². The first kappa shape index (κ1) is 9.78. The highest BCUT2D eigenvalue weighted by Gasteiger charge is 2.03. The molecule has 2 nitrogen and oxygen atoms in total. The number of aromatic nitrogens is 2. The van der Waals surface area contributed by atoms with Gasteiger partial charge in [0.05, 0.1) is 5.69 Å². The zero-order valence-electron chi connectivity index (χ0n) is 7.84. The fraction of sp³-hybridized carbons (Fsp3) is 0.667. The summed E-state index contributed by atoms with van der Waals surface area (Å²) in [4.78, 5) is 0.595. The lowest BCUT2D eigenvalue weighted by atomic mass is 10.1. The van der Waals surface area contributed by atoms with E-state index in [2.05, 4.69) is 41.1 Å². The van der Waals surface area contributed by atoms with Crippen LogP contribution in [0.5, 0.6) is 0 Å². The lowest BCUT2D eigenvalue weighted by molar-refractivity contribution is 0.756. The summed E-state index contributed by atoms with van der Waals surface area (Å²) in [5.74, 6) is 0. The topological polar surface area (TPSA) is 17.8 Å². The van der Waals surface area contributed by atoms with Crippen molar-refractivity contribution in [2.75, 3.05) is 0 Å². The molecule has 0 amide bonds. The molecular formula is C9H15BrN2. The van der Waals surface area contributed by atoms with Gasteiger partial charge in [-0.25, -0.2) is 0 Å². The number of alkyl halides is 1. The average molecular weight is 231 g/mol. The summed E-state index contributed by atoms with van der Waals surface area (Å²) in [5.41, 5.74) is 2.52. The molecule has 0 N–H and O–H groups in total. The first-order valence-corrected chi connectivity index (χ1v) is 5.14. The molecule has 3 heteroatoms. The second kappa shape index (κ2) is 4.08. The molecule has 0 aliphatic rings. The summed E-state index contributed by atoms with van der Waals surface area (Å²) in [7, 11) is 1.97. The van der Waals surface area contributed by atoms with Crippen LogP contribution in [0.2, 0.25) is 0 Å². The van der Waals surface area contributed by atoms with E-state index in [4.69, 9.17) is 0 Å².